The number of carbonyl (C=O) groups is 1. The minimum atomic E-state index is -0.942. The van der Waals surface area contributed by atoms with Crippen LogP contribution >= 0.6 is 0 Å². The largest absolute Gasteiger partial charge is 0.478 e. The minimum absolute atomic E-state index is 0. The van der Waals surface area contributed by atoms with Crippen LogP contribution in [0.5, 0.6) is 0 Å². The first kappa shape index (κ1) is 8.58. The summed E-state index contributed by atoms with van der Waals surface area (Å²) >= 11 is 0. The third kappa shape index (κ3) is 1.83. The fourth-order valence-electron chi connectivity index (χ4n) is 0.489. The minimum Gasteiger partial charge on any atom is -0.478 e. The molecule has 0 atom stereocenters. The number of nitrogens with zero attached hydrogens (tertiary/aromatic N) is 1. The molecule has 0 spiro atoms. The van der Waals surface area contributed by atoms with Gasteiger partial charge in [-0.3, -0.25) is 4.98 Å². The van der Waals surface area contributed by atoms with Gasteiger partial charge in [0.1, 0.15) is 0 Å². The summed E-state index contributed by atoms with van der Waals surface area (Å²) in [5.74, 6) is -0.942. The third-order valence-corrected chi connectivity index (χ3v) is 0.908. The van der Waals surface area contributed by atoms with E-state index in [9.17, 15) is 4.79 Å². The summed E-state index contributed by atoms with van der Waals surface area (Å²) in [6, 6.07) is 3.08. The van der Waals surface area contributed by atoms with Crippen LogP contribution in [0.1, 0.15) is 10.4 Å². The van der Waals surface area contributed by atoms with Gasteiger partial charge in [0, 0.05) is 12.4 Å². The lowest BCUT2D eigenvalue weighted by Crippen LogP contribution is -1.94. The highest BCUT2D eigenvalue weighted by atomic mass is 16.4. The number of carboxylic acid groups (broad SMARTS) is 1. The predicted molar refractivity (Wildman–Crippen MR) is 34.8 cm³/mol. The lowest BCUT2D eigenvalue weighted by molar-refractivity contribution is 0.0696. The van der Waals surface area contributed by atoms with E-state index in [2.05, 4.69) is 4.98 Å². The molecule has 4 heteroatoms. The molecule has 0 saturated carbocycles. The van der Waals surface area contributed by atoms with Crippen LogP contribution in [-0.4, -0.2) is 21.5 Å². The summed E-state index contributed by atoms with van der Waals surface area (Å²) in [4.78, 5) is 13.8. The second-order valence-electron chi connectivity index (χ2n) is 1.55. The average molecular weight is 141 g/mol. The zero-order chi connectivity index (χ0) is 6.69. The quantitative estimate of drug-likeness (QED) is 0.595. The van der Waals surface area contributed by atoms with Crippen molar-refractivity contribution in [2.24, 2.45) is 0 Å². The van der Waals surface area contributed by atoms with E-state index in [0.717, 1.165) is 0 Å². The van der Waals surface area contributed by atoms with Crippen molar-refractivity contribution in [2.75, 3.05) is 0 Å². The topological polar surface area (TPSA) is 81.7 Å². The second-order valence-corrected chi connectivity index (χ2v) is 1.55. The van der Waals surface area contributed by atoms with Crippen LogP contribution in [0.15, 0.2) is 24.5 Å². The lowest BCUT2D eigenvalue weighted by atomic mass is 10.3. The first-order valence-electron chi connectivity index (χ1n) is 2.44. The Hall–Kier alpha value is -1.42. The monoisotopic (exact) mass is 141 g/mol. The number of carboxylic acids is 1. The molecular formula is C6H7NO3. The van der Waals surface area contributed by atoms with Crippen LogP contribution in [0, 0.1) is 0 Å². The van der Waals surface area contributed by atoms with Crippen molar-refractivity contribution >= 4 is 5.97 Å². The molecule has 1 rings (SSSR count). The van der Waals surface area contributed by atoms with Gasteiger partial charge >= 0.3 is 5.97 Å². The molecule has 0 aliphatic heterocycles. The first-order chi connectivity index (χ1) is 4.30. The van der Waals surface area contributed by atoms with Crippen LogP contribution in [0.3, 0.4) is 0 Å². The maximum absolute atomic E-state index is 10.2. The highest BCUT2D eigenvalue weighted by Crippen LogP contribution is 1.92. The number of pyridine rings is 1. The zero-order valence-electron chi connectivity index (χ0n) is 5.11. The summed E-state index contributed by atoms with van der Waals surface area (Å²) < 4.78 is 0. The summed E-state index contributed by atoms with van der Waals surface area (Å²) in [6.07, 6.45) is 2.84. The van der Waals surface area contributed by atoms with Gasteiger partial charge in [-0.15, -0.1) is 0 Å². The van der Waals surface area contributed by atoms with E-state index in [1.807, 2.05) is 0 Å². The normalized spacial score (nSPS) is 8.00. The Morgan fingerprint density at radius 3 is 2.60 bits per heavy atom. The molecule has 54 valence electrons. The smallest absolute Gasteiger partial charge is 0.337 e. The molecule has 1 aromatic heterocycles. The third-order valence-electron chi connectivity index (χ3n) is 0.908. The molecule has 0 fully saturated rings. The summed E-state index contributed by atoms with van der Waals surface area (Å²) in [5, 5.41) is 8.34. The van der Waals surface area contributed by atoms with Crippen molar-refractivity contribution in [1.82, 2.24) is 4.98 Å². The van der Waals surface area contributed by atoms with Gasteiger partial charge < -0.3 is 10.6 Å². The Bertz CT molecular complexity index is 209. The molecule has 4 nitrogen and oxygen atoms in total. The van der Waals surface area contributed by atoms with E-state index >= 15 is 0 Å². The van der Waals surface area contributed by atoms with E-state index in [1.54, 1.807) is 6.07 Å². The van der Waals surface area contributed by atoms with Crippen molar-refractivity contribution in [1.29, 1.82) is 0 Å². The Morgan fingerprint density at radius 2 is 2.30 bits per heavy atom. The van der Waals surface area contributed by atoms with E-state index in [1.165, 1.54) is 18.5 Å². The molecule has 1 aromatic rings. The second kappa shape index (κ2) is 3.58. The van der Waals surface area contributed by atoms with Crippen molar-refractivity contribution in [3.63, 3.8) is 0 Å². The van der Waals surface area contributed by atoms with Crippen molar-refractivity contribution in [3.05, 3.63) is 30.1 Å². The van der Waals surface area contributed by atoms with Crippen LogP contribution in [0.2, 0.25) is 0 Å². The van der Waals surface area contributed by atoms with Gasteiger partial charge in [0.25, 0.3) is 0 Å². The van der Waals surface area contributed by atoms with Crippen LogP contribution in [-0.2, 0) is 0 Å². The van der Waals surface area contributed by atoms with E-state index < -0.39 is 5.97 Å². The molecular weight excluding hydrogens is 134 g/mol. The molecule has 0 aromatic carbocycles. The standard InChI is InChI=1S/C6H5NO2.H2O/c8-6(9)5-2-1-3-7-4-5;/h1-4H,(H,8,9);1H2. The van der Waals surface area contributed by atoms with Gasteiger partial charge in [-0.2, -0.15) is 0 Å². The highest BCUT2D eigenvalue weighted by Gasteiger charge is 1.97. The van der Waals surface area contributed by atoms with Crippen molar-refractivity contribution < 1.29 is 15.4 Å². The summed E-state index contributed by atoms with van der Waals surface area (Å²) in [7, 11) is 0. The fourth-order valence-corrected chi connectivity index (χ4v) is 0.489. The van der Waals surface area contributed by atoms with Crippen LogP contribution in [0.25, 0.3) is 0 Å². The molecule has 0 aliphatic rings. The van der Waals surface area contributed by atoms with Crippen molar-refractivity contribution in [3.8, 4) is 0 Å². The maximum atomic E-state index is 10.2. The van der Waals surface area contributed by atoms with Crippen LogP contribution in [0.4, 0.5) is 0 Å². The molecule has 3 N–H and O–H groups in total. The van der Waals surface area contributed by atoms with Gasteiger partial charge in [-0.05, 0) is 12.1 Å². The Kier molecular flexibility index (Phi) is 3.07. The number of hydrogen-bond donors (Lipinski definition) is 1. The summed E-state index contributed by atoms with van der Waals surface area (Å²) in [6.45, 7) is 0. The lowest BCUT2D eigenvalue weighted by Gasteiger charge is -1.87. The van der Waals surface area contributed by atoms with E-state index in [0.29, 0.717) is 0 Å². The Labute approximate surface area is 57.5 Å². The number of hydrogen-bond acceptors (Lipinski definition) is 2. The fraction of sp³-hybridized carbons (Fsp3) is 0. The zero-order valence-corrected chi connectivity index (χ0v) is 5.11. The van der Waals surface area contributed by atoms with Gasteiger partial charge in [-0.1, -0.05) is 0 Å². The van der Waals surface area contributed by atoms with Gasteiger partial charge in [0.2, 0.25) is 0 Å². The molecule has 0 saturated heterocycles. The van der Waals surface area contributed by atoms with Gasteiger partial charge in [0.05, 0.1) is 5.56 Å². The van der Waals surface area contributed by atoms with Gasteiger partial charge in [-0.25, -0.2) is 4.79 Å². The molecule has 0 radical (unpaired) electrons. The van der Waals surface area contributed by atoms with E-state index in [-0.39, 0.29) is 11.0 Å². The number of aromatic carboxylic acids is 1. The molecule has 0 aliphatic carbocycles. The Morgan fingerprint density at radius 1 is 1.60 bits per heavy atom. The van der Waals surface area contributed by atoms with Crippen LogP contribution < -0.4 is 0 Å². The highest BCUT2D eigenvalue weighted by molar-refractivity contribution is 5.86. The summed E-state index contributed by atoms with van der Waals surface area (Å²) in [5.41, 5.74) is 0.220. The molecule has 10 heavy (non-hydrogen) atoms. The molecule has 0 amide bonds. The average Bonchev–Trinajstić information content (AvgIpc) is 1.90. The van der Waals surface area contributed by atoms with Crippen molar-refractivity contribution in [2.45, 2.75) is 0 Å². The SMILES string of the molecule is O.O=C(O)c1cccnc1. The van der Waals surface area contributed by atoms with Gasteiger partial charge in [0.15, 0.2) is 0 Å². The predicted octanol–water partition coefficient (Wildman–Crippen LogP) is -0.0449. The molecule has 0 bridgehead atoms. The number of aromatic nitrogens is 1. The first-order valence-corrected chi connectivity index (χ1v) is 2.44. The maximum Gasteiger partial charge on any atom is 0.337 e. The number of rotatable bonds is 1. The Balaban J connectivity index is 0.000000810. The molecule has 1 heterocycles. The molecule has 0 unspecified atom stereocenters. The van der Waals surface area contributed by atoms with E-state index in [4.69, 9.17) is 5.11 Å².